The molecule has 0 aliphatic carbocycles. The van der Waals surface area contributed by atoms with Crippen LogP contribution in [0.15, 0.2) is 54.7 Å². The second-order valence-electron chi connectivity index (χ2n) is 5.38. The Balaban J connectivity index is 1.80. The van der Waals surface area contributed by atoms with E-state index < -0.39 is 6.04 Å². The van der Waals surface area contributed by atoms with Gasteiger partial charge in [-0.25, -0.2) is 0 Å². The topological polar surface area (TPSA) is 80.3 Å². The van der Waals surface area contributed by atoms with Crippen LogP contribution in [0.5, 0.6) is 5.75 Å². The molecular weight excluding hydrogens is 318 g/mol. The Morgan fingerprint density at radius 2 is 1.96 bits per heavy atom. The van der Waals surface area contributed by atoms with Gasteiger partial charge in [0.25, 0.3) is 0 Å². The number of benzene rings is 1. The maximum absolute atomic E-state index is 12.0. The predicted molar refractivity (Wildman–Crippen MR) is 95.7 cm³/mol. The largest absolute Gasteiger partial charge is 0.497 e. The molecule has 2 rings (SSSR count). The standard InChI is InChI=1S/C19H21N3O3/c1-14(19(24)21-13-16-5-3-4-12-20-16)22-18(23)11-8-15-6-9-17(25-2)10-7-15/h3-12,14H,13H2,1-2H3,(H,21,24)(H,22,23). The summed E-state index contributed by atoms with van der Waals surface area (Å²) in [7, 11) is 1.60. The monoisotopic (exact) mass is 339 g/mol. The zero-order valence-electron chi connectivity index (χ0n) is 14.2. The van der Waals surface area contributed by atoms with Gasteiger partial charge in [-0.2, -0.15) is 0 Å². The Morgan fingerprint density at radius 3 is 2.60 bits per heavy atom. The molecule has 6 nitrogen and oxygen atoms in total. The molecule has 0 saturated carbocycles. The van der Waals surface area contributed by atoms with Crippen molar-refractivity contribution in [2.75, 3.05) is 7.11 Å². The number of nitrogens with zero attached hydrogens (tertiary/aromatic N) is 1. The minimum atomic E-state index is -0.642. The fraction of sp³-hybridized carbons (Fsp3) is 0.211. The van der Waals surface area contributed by atoms with Gasteiger partial charge < -0.3 is 15.4 Å². The number of hydrogen-bond donors (Lipinski definition) is 2. The van der Waals surface area contributed by atoms with Gasteiger partial charge in [0.15, 0.2) is 0 Å². The number of nitrogens with one attached hydrogen (secondary N) is 2. The molecule has 2 aromatic rings. The molecule has 0 aliphatic heterocycles. The van der Waals surface area contributed by atoms with Gasteiger partial charge in [-0.3, -0.25) is 14.6 Å². The van der Waals surface area contributed by atoms with Crippen LogP contribution in [0.4, 0.5) is 0 Å². The lowest BCUT2D eigenvalue weighted by Gasteiger charge is -2.12. The number of carbonyl (C=O) groups excluding carboxylic acids is 2. The van der Waals surface area contributed by atoms with E-state index in [0.29, 0.717) is 6.54 Å². The highest BCUT2D eigenvalue weighted by Gasteiger charge is 2.13. The SMILES string of the molecule is COc1ccc(C=CC(=O)NC(C)C(=O)NCc2ccccn2)cc1. The summed E-state index contributed by atoms with van der Waals surface area (Å²) in [6.45, 7) is 1.95. The highest BCUT2D eigenvalue weighted by molar-refractivity contribution is 5.95. The highest BCUT2D eigenvalue weighted by atomic mass is 16.5. The van der Waals surface area contributed by atoms with Crippen LogP contribution < -0.4 is 15.4 Å². The van der Waals surface area contributed by atoms with E-state index in [-0.39, 0.29) is 11.8 Å². The molecule has 0 saturated heterocycles. The third kappa shape index (κ3) is 6.10. The van der Waals surface area contributed by atoms with E-state index >= 15 is 0 Å². The van der Waals surface area contributed by atoms with Crippen LogP contribution >= 0.6 is 0 Å². The number of carbonyl (C=O) groups is 2. The van der Waals surface area contributed by atoms with Crippen LogP contribution in [-0.4, -0.2) is 29.9 Å². The Hall–Kier alpha value is -3.15. The van der Waals surface area contributed by atoms with Gasteiger partial charge in [0.2, 0.25) is 11.8 Å². The highest BCUT2D eigenvalue weighted by Crippen LogP contribution is 2.12. The van der Waals surface area contributed by atoms with E-state index in [0.717, 1.165) is 17.0 Å². The Kier molecular flexibility index (Phi) is 6.71. The van der Waals surface area contributed by atoms with Crippen molar-refractivity contribution in [3.63, 3.8) is 0 Å². The molecule has 1 heterocycles. The third-order valence-electron chi connectivity index (χ3n) is 3.46. The quantitative estimate of drug-likeness (QED) is 0.755. The molecule has 1 unspecified atom stereocenters. The lowest BCUT2D eigenvalue weighted by atomic mass is 10.2. The van der Waals surface area contributed by atoms with Crippen molar-refractivity contribution in [3.05, 3.63) is 66.0 Å². The van der Waals surface area contributed by atoms with Gasteiger partial charge >= 0.3 is 0 Å². The van der Waals surface area contributed by atoms with Crippen LogP contribution in [-0.2, 0) is 16.1 Å². The van der Waals surface area contributed by atoms with E-state index in [1.54, 1.807) is 26.3 Å². The first kappa shape index (κ1) is 18.2. The maximum atomic E-state index is 12.0. The molecule has 1 atom stereocenters. The molecule has 25 heavy (non-hydrogen) atoms. The maximum Gasteiger partial charge on any atom is 0.244 e. The average Bonchev–Trinajstić information content (AvgIpc) is 2.65. The number of hydrogen-bond acceptors (Lipinski definition) is 4. The van der Waals surface area contributed by atoms with Gasteiger partial charge in [-0.05, 0) is 42.8 Å². The van der Waals surface area contributed by atoms with Crippen molar-refractivity contribution in [1.82, 2.24) is 15.6 Å². The molecule has 1 aromatic carbocycles. The second kappa shape index (κ2) is 9.22. The van der Waals surface area contributed by atoms with Gasteiger partial charge in [0.1, 0.15) is 11.8 Å². The van der Waals surface area contributed by atoms with E-state index in [9.17, 15) is 9.59 Å². The summed E-state index contributed by atoms with van der Waals surface area (Å²) in [6.07, 6.45) is 4.73. The van der Waals surface area contributed by atoms with Crippen molar-refractivity contribution in [2.24, 2.45) is 0 Å². The fourth-order valence-corrected chi connectivity index (χ4v) is 2.05. The fourth-order valence-electron chi connectivity index (χ4n) is 2.05. The smallest absolute Gasteiger partial charge is 0.244 e. The number of pyridine rings is 1. The number of aromatic nitrogens is 1. The second-order valence-corrected chi connectivity index (χ2v) is 5.38. The first-order valence-electron chi connectivity index (χ1n) is 7.88. The summed E-state index contributed by atoms with van der Waals surface area (Å²) in [5.41, 5.74) is 1.62. The lowest BCUT2D eigenvalue weighted by Crippen LogP contribution is -2.44. The normalized spacial score (nSPS) is 11.8. The number of methoxy groups -OCH3 is 1. The molecule has 1 aromatic heterocycles. The van der Waals surface area contributed by atoms with E-state index in [2.05, 4.69) is 15.6 Å². The van der Waals surface area contributed by atoms with Crippen molar-refractivity contribution >= 4 is 17.9 Å². The van der Waals surface area contributed by atoms with Crippen molar-refractivity contribution in [1.29, 1.82) is 0 Å². The first-order chi connectivity index (χ1) is 12.1. The number of amides is 2. The van der Waals surface area contributed by atoms with Crippen LogP contribution in [0.25, 0.3) is 6.08 Å². The predicted octanol–water partition coefficient (Wildman–Crippen LogP) is 1.92. The summed E-state index contributed by atoms with van der Waals surface area (Å²) < 4.78 is 5.08. The minimum Gasteiger partial charge on any atom is -0.497 e. The zero-order chi connectivity index (χ0) is 18.1. The number of rotatable bonds is 7. The Labute approximate surface area is 146 Å². The van der Waals surface area contributed by atoms with E-state index in [1.807, 2.05) is 42.5 Å². The zero-order valence-corrected chi connectivity index (χ0v) is 14.2. The van der Waals surface area contributed by atoms with Gasteiger partial charge in [0, 0.05) is 12.3 Å². The molecule has 0 radical (unpaired) electrons. The van der Waals surface area contributed by atoms with Crippen LogP contribution in [0.1, 0.15) is 18.2 Å². The first-order valence-corrected chi connectivity index (χ1v) is 7.88. The average molecular weight is 339 g/mol. The molecule has 2 amide bonds. The molecule has 0 aliphatic rings. The summed E-state index contributed by atoms with van der Waals surface area (Å²) >= 11 is 0. The van der Waals surface area contributed by atoms with Crippen molar-refractivity contribution in [3.8, 4) is 5.75 Å². The minimum absolute atomic E-state index is 0.267. The van der Waals surface area contributed by atoms with Gasteiger partial charge in [-0.15, -0.1) is 0 Å². The molecule has 0 spiro atoms. The molecule has 130 valence electrons. The van der Waals surface area contributed by atoms with Crippen LogP contribution in [0.2, 0.25) is 0 Å². The van der Waals surface area contributed by atoms with Crippen molar-refractivity contribution < 1.29 is 14.3 Å². The van der Waals surface area contributed by atoms with Crippen molar-refractivity contribution in [2.45, 2.75) is 19.5 Å². The Morgan fingerprint density at radius 1 is 1.20 bits per heavy atom. The van der Waals surface area contributed by atoms with Crippen LogP contribution in [0, 0.1) is 0 Å². The molecule has 0 fully saturated rings. The summed E-state index contributed by atoms with van der Waals surface area (Å²) in [4.78, 5) is 28.0. The summed E-state index contributed by atoms with van der Waals surface area (Å²) in [6, 6.07) is 12.1. The third-order valence-corrected chi connectivity index (χ3v) is 3.46. The molecule has 2 N–H and O–H groups in total. The van der Waals surface area contributed by atoms with Crippen LogP contribution in [0.3, 0.4) is 0 Å². The molecular formula is C19H21N3O3. The summed E-state index contributed by atoms with van der Waals surface area (Å²) in [5, 5.41) is 5.36. The number of ether oxygens (including phenoxy) is 1. The van der Waals surface area contributed by atoms with Gasteiger partial charge in [0.05, 0.1) is 19.3 Å². The van der Waals surface area contributed by atoms with Gasteiger partial charge in [-0.1, -0.05) is 18.2 Å². The van der Waals surface area contributed by atoms with E-state index in [4.69, 9.17) is 4.74 Å². The molecule has 6 heteroatoms. The van der Waals surface area contributed by atoms with E-state index in [1.165, 1.54) is 6.08 Å². The molecule has 0 bridgehead atoms. The lowest BCUT2D eigenvalue weighted by molar-refractivity contribution is -0.126. The summed E-state index contributed by atoms with van der Waals surface area (Å²) in [5.74, 6) is 0.146. The Bertz CT molecular complexity index is 727.